The summed E-state index contributed by atoms with van der Waals surface area (Å²) in [5.74, 6) is 1.11. The molecule has 2 N–H and O–H groups in total. The second-order valence-electron chi connectivity index (χ2n) is 7.73. The molecule has 0 saturated carbocycles. The minimum absolute atomic E-state index is 0.00379. The number of fused-ring (bicyclic) bond motifs is 1. The zero-order valence-corrected chi connectivity index (χ0v) is 14.4. The van der Waals surface area contributed by atoms with Crippen molar-refractivity contribution < 1.29 is 0 Å². The van der Waals surface area contributed by atoms with E-state index in [4.69, 9.17) is 10.7 Å². The average Bonchev–Trinajstić information content (AvgIpc) is 2.66. The van der Waals surface area contributed by atoms with E-state index in [1.54, 1.807) is 0 Å². The number of nitrogen functional groups attached to an aromatic ring is 1. The Balaban J connectivity index is 2.64. The third-order valence-corrected chi connectivity index (χ3v) is 4.20. The summed E-state index contributed by atoms with van der Waals surface area (Å²) < 4.78 is 2.34. The molecule has 0 spiro atoms. The van der Waals surface area contributed by atoms with E-state index in [0.29, 0.717) is 0 Å². The second kappa shape index (κ2) is 5.02. The molecule has 1 heterocycles. The highest BCUT2D eigenvalue weighted by molar-refractivity contribution is 5.80. The molecule has 21 heavy (non-hydrogen) atoms. The molecule has 4 nitrogen and oxygen atoms in total. The SMILES string of the molecule is CN(C)C(C)(C)Cn1c(C(C)(C)C)nc2cc(N)ccc21. The molecular formula is C17H28N4. The van der Waals surface area contributed by atoms with E-state index >= 15 is 0 Å². The van der Waals surface area contributed by atoms with Crippen LogP contribution in [0.1, 0.15) is 40.4 Å². The van der Waals surface area contributed by atoms with Gasteiger partial charge in [0.25, 0.3) is 0 Å². The highest BCUT2D eigenvalue weighted by Crippen LogP contribution is 2.29. The van der Waals surface area contributed by atoms with Crippen LogP contribution >= 0.6 is 0 Å². The fourth-order valence-corrected chi connectivity index (χ4v) is 2.41. The number of nitrogens with two attached hydrogens (primary N) is 1. The summed E-state index contributed by atoms with van der Waals surface area (Å²) in [5, 5.41) is 0. The number of anilines is 1. The van der Waals surface area contributed by atoms with Crippen LogP contribution in [0.5, 0.6) is 0 Å². The van der Waals surface area contributed by atoms with Crippen LogP contribution in [0.2, 0.25) is 0 Å². The Morgan fingerprint density at radius 1 is 1.14 bits per heavy atom. The van der Waals surface area contributed by atoms with Crippen molar-refractivity contribution in [2.75, 3.05) is 19.8 Å². The Kier molecular flexibility index (Phi) is 3.79. The largest absolute Gasteiger partial charge is 0.399 e. The Bertz CT molecular complexity index is 645. The van der Waals surface area contributed by atoms with Crippen molar-refractivity contribution in [3.63, 3.8) is 0 Å². The number of benzene rings is 1. The molecule has 0 radical (unpaired) electrons. The first-order valence-electron chi connectivity index (χ1n) is 7.46. The molecule has 116 valence electrons. The lowest BCUT2D eigenvalue weighted by atomic mass is 9.95. The number of aromatic nitrogens is 2. The van der Waals surface area contributed by atoms with Crippen molar-refractivity contribution >= 4 is 16.7 Å². The molecule has 0 atom stereocenters. The van der Waals surface area contributed by atoms with Gasteiger partial charge >= 0.3 is 0 Å². The van der Waals surface area contributed by atoms with Crippen LogP contribution in [0, 0.1) is 0 Å². The third kappa shape index (κ3) is 3.05. The standard InChI is InChI=1S/C17H28N4/c1-16(2,3)15-19-13-10-12(18)8-9-14(13)21(15)11-17(4,5)20(6)7/h8-10H,11,18H2,1-7H3. The molecule has 2 aromatic rings. The lowest BCUT2D eigenvalue weighted by Gasteiger charge is -2.34. The van der Waals surface area contributed by atoms with Gasteiger partial charge in [0.2, 0.25) is 0 Å². The number of nitrogens with zero attached hydrogens (tertiary/aromatic N) is 3. The summed E-state index contributed by atoms with van der Waals surface area (Å²) in [6.07, 6.45) is 0. The molecular weight excluding hydrogens is 260 g/mol. The second-order valence-corrected chi connectivity index (χ2v) is 7.73. The Hall–Kier alpha value is -1.55. The summed E-state index contributed by atoms with van der Waals surface area (Å²) in [6.45, 7) is 12.0. The van der Waals surface area contributed by atoms with Gasteiger partial charge in [0.1, 0.15) is 5.82 Å². The van der Waals surface area contributed by atoms with Crippen molar-refractivity contribution in [2.45, 2.75) is 52.1 Å². The van der Waals surface area contributed by atoms with Gasteiger partial charge in [-0.1, -0.05) is 20.8 Å². The van der Waals surface area contributed by atoms with Crippen molar-refractivity contribution in [3.8, 4) is 0 Å². The first-order chi connectivity index (χ1) is 9.52. The Morgan fingerprint density at radius 3 is 2.29 bits per heavy atom. The number of rotatable bonds is 3. The van der Waals surface area contributed by atoms with Crippen molar-refractivity contribution in [3.05, 3.63) is 24.0 Å². The number of likely N-dealkylation sites (N-methyl/N-ethyl adjacent to an activating group) is 1. The van der Waals surface area contributed by atoms with E-state index in [1.165, 1.54) is 0 Å². The van der Waals surface area contributed by atoms with E-state index in [-0.39, 0.29) is 11.0 Å². The molecule has 0 aliphatic heterocycles. The van der Waals surface area contributed by atoms with E-state index in [0.717, 1.165) is 29.1 Å². The maximum Gasteiger partial charge on any atom is 0.115 e. The summed E-state index contributed by atoms with van der Waals surface area (Å²) in [7, 11) is 4.24. The van der Waals surface area contributed by atoms with Crippen LogP contribution in [0.15, 0.2) is 18.2 Å². The van der Waals surface area contributed by atoms with Crippen LogP contribution in [0.3, 0.4) is 0 Å². The average molecular weight is 288 g/mol. The van der Waals surface area contributed by atoms with Gasteiger partial charge in [-0.25, -0.2) is 4.98 Å². The van der Waals surface area contributed by atoms with Crippen LogP contribution in [-0.2, 0) is 12.0 Å². The summed E-state index contributed by atoms with van der Waals surface area (Å²) in [5.41, 5.74) is 8.86. The summed E-state index contributed by atoms with van der Waals surface area (Å²) >= 11 is 0. The monoisotopic (exact) mass is 288 g/mol. The van der Waals surface area contributed by atoms with Gasteiger partial charge in [-0.15, -0.1) is 0 Å². The number of imidazole rings is 1. The molecule has 1 aromatic heterocycles. The lowest BCUT2D eigenvalue weighted by Crippen LogP contribution is -2.42. The van der Waals surface area contributed by atoms with E-state index in [9.17, 15) is 0 Å². The predicted octanol–water partition coefficient (Wildman–Crippen LogP) is 3.26. The molecule has 0 aliphatic carbocycles. The van der Waals surface area contributed by atoms with Crippen molar-refractivity contribution in [1.29, 1.82) is 0 Å². The highest BCUT2D eigenvalue weighted by atomic mass is 15.2. The number of hydrogen-bond donors (Lipinski definition) is 1. The first-order valence-corrected chi connectivity index (χ1v) is 7.46. The quantitative estimate of drug-likeness (QED) is 0.882. The minimum Gasteiger partial charge on any atom is -0.399 e. The van der Waals surface area contributed by atoms with Crippen LogP contribution in [-0.4, -0.2) is 34.1 Å². The molecule has 0 fully saturated rings. The van der Waals surface area contributed by atoms with Gasteiger partial charge in [-0.2, -0.15) is 0 Å². The van der Waals surface area contributed by atoms with E-state index in [1.807, 2.05) is 12.1 Å². The van der Waals surface area contributed by atoms with Gasteiger partial charge in [-0.3, -0.25) is 0 Å². The van der Waals surface area contributed by atoms with Gasteiger partial charge < -0.3 is 15.2 Å². The van der Waals surface area contributed by atoms with Crippen molar-refractivity contribution in [2.24, 2.45) is 0 Å². The number of hydrogen-bond acceptors (Lipinski definition) is 3. The first kappa shape index (κ1) is 15.8. The Labute approximate surface area is 128 Å². The third-order valence-electron chi connectivity index (χ3n) is 4.20. The molecule has 0 bridgehead atoms. The molecule has 0 saturated heterocycles. The van der Waals surface area contributed by atoms with E-state index in [2.05, 4.69) is 64.2 Å². The molecule has 1 aromatic carbocycles. The van der Waals surface area contributed by atoms with Crippen LogP contribution in [0.4, 0.5) is 5.69 Å². The van der Waals surface area contributed by atoms with Gasteiger partial charge in [-0.05, 0) is 46.1 Å². The Morgan fingerprint density at radius 2 is 1.76 bits per heavy atom. The molecule has 2 rings (SSSR count). The summed E-state index contributed by atoms with van der Waals surface area (Å²) in [4.78, 5) is 7.11. The van der Waals surface area contributed by atoms with Crippen LogP contribution < -0.4 is 5.73 Å². The fraction of sp³-hybridized carbons (Fsp3) is 0.588. The van der Waals surface area contributed by atoms with E-state index < -0.39 is 0 Å². The highest BCUT2D eigenvalue weighted by Gasteiger charge is 2.28. The van der Waals surface area contributed by atoms with Crippen LogP contribution in [0.25, 0.3) is 11.0 Å². The van der Waals surface area contributed by atoms with Gasteiger partial charge in [0.05, 0.1) is 11.0 Å². The maximum atomic E-state index is 5.91. The molecule has 0 unspecified atom stereocenters. The predicted molar refractivity (Wildman–Crippen MR) is 90.6 cm³/mol. The van der Waals surface area contributed by atoms with Gasteiger partial charge in [0.15, 0.2) is 0 Å². The smallest absolute Gasteiger partial charge is 0.115 e. The van der Waals surface area contributed by atoms with Gasteiger partial charge in [0, 0.05) is 23.2 Å². The molecule has 0 amide bonds. The zero-order chi connectivity index (χ0) is 16.0. The lowest BCUT2D eigenvalue weighted by molar-refractivity contribution is 0.168. The fourth-order valence-electron chi connectivity index (χ4n) is 2.41. The maximum absolute atomic E-state index is 5.91. The topological polar surface area (TPSA) is 47.1 Å². The normalized spacial score (nSPS) is 13.3. The summed E-state index contributed by atoms with van der Waals surface area (Å²) in [6, 6.07) is 6.00. The molecule has 0 aliphatic rings. The zero-order valence-electron chi connectivity index (χ0n) is 14.4. The molecule has 4 heteroatoms. The minimum atomic E-state index is -0.00379. The van der Waals surface area contributed by atoms with Crippen molar-refractivity contribution in [1.82, 2.24) is 14.5 Å².